The Bertz CT molecular complexity index is 589. The summed E-state index contributed by atoms with van der Waals surface area (Å²) in [6, 6.07) is 7.61. The Balaban J connectivity index is 2.61. The SMILES string of the molecule is Cc1cccc(-c2nc(N)c(N)c(=O)[nH]2)c1. The summed E-state index contributed by atoms with van der Waals surface area (Å²) >= 11 is 0. The molecule has 0 radical (unpaired) electrons. The van der Waals surface area contributed by atoms with E-state index in [-0.39, 0.29) is 11.5 Å². The number of benzene rings is 1. The summed E-state index contributed by atoms with van der Waals surface area (Å²) in [5, 5.41) is 0. The summed E-state index contributed by atoms with van der Waals surface area (Å²) in [5.74, 6) is 0.487. The minimum Gasteiger partial charge on any atom is -0.391 e. The highest BCUT2D eigenvalue weighted by Gasteiger charge is 2.06. The average molecular weight is 216 g/mol. The van der Waals surface area contributed by atoms with Crippen molar-refractivity contribution < 1.29 is 0 Å². The summed E-state index contributed by atoms with van der Waals surface area (Å²) in [6.07, 6.45) is 0. The maximum absolute atomic E-state index is 11.4. The van der Waals surface area contributed by atoms with Gasteiger partial charge in [0.2, 0.25) is 0 Å². The Labute approximate surface area is 92.1 Å². The Hall–Kier alpha value is -2.30. The zero-order valence-corrected chi connectivity index (χ0v) is 8.82. The van der Waals surface area contributed by atoms with Gasteiger partial charge in [-0.25, -0.2) is 4.98 Å². The van der Waals surface area contributed by atoms with E-state index < -0.39 is 5.56 Å². The van der Waals surface area contributed by atoms with Crippen LogP contribution in [0.2, 0.25) is 0 Å². The Morgan fingerprint density at radius 3 is 2.69 bits per heavy atom. The fraction of sp³-hybridized carbons (Fsp3) is 0.0909. The molecule has 5 nitrogen and oxygen atoms in total. The van der Waals surface area contributed by atoms with E-state index in [0.717, 1.165) is 11.1 Å². The number of nitrogens with zero attached hydrogens (tertiary/aromatic N) is 1. The number of hydrogen-bond donors (Lipinski definition) is 3. The standard InChI is InChI=1S/C11H12N4O/c1-6-3-2-4-7(5-6)10-14-9(13)8(12)11(16)15-10/h2-5H,12H2,1H3,(H3,13,14,15,16). The molecule has 0 saturated carbocycles. The Kier molecular flexibility index (Phi) is 2.36. The summed E-state index contributed by atoms with van der Waals surface area (Å²) in [6.45, 7) is 1.96. The normalized spacial score (nSPS) is 10.3. The Morgan fingerprint density at radius 1 is 1.31 bits per heavy atom. The fourth-order valence-electron chi connectivity index (χ4n) is 1.43. The number of aryl methyl sites for hydroxylation is 1. The number of nitrogens with one attached hydrogen (secondary N) is 1. The molecule has 0 bridgehead atoms. The molecular formula is C11H12N4O. The van der Waals surface area contributed by atoms with Crippen LogP contribution in [0.25, 0.3) is 11.4 Å². The number of aromatic nitrogens is 2. The van der Waals surface area contributed by atoms with Gasteiger partial charge in [0.05, 0.1) is 0 Å². The molecule has 2 rings (SSSR count). The van der Waals surface area contributed by atoms with E-state index in [4.69, 9.17) is 11.5 Å². The molecule has 5 heteroatoms. The van der Waals surface area contributed by atoms with Crippen LogP contribution in [0.1, 0.15) is 5.56 Å². The number of H-pyrrole nitrogens is 1. The number of anilines is 2. The highest BCUT2D eigenvalue weighted by molar-refractivity contribution is 5.63. The molecule has 0 saturated heterocycles. The number of hydrogen-bond acceptors (Lipinski definition) is 4. The summed E-state index contributed by atoms with van der Waals surface area (Å²) in [4.78, 5) is 18.0. The summed E-state index contributed by atoms with van der Waals surface area (Å²) in [7, 11) is 0. The van der Waals surface area contributed by atoms with Gasteiger partial charge in [0.15, 0.2) is 5.82 Å². The summed E-state index contributed by atoms with van der Waals surface area (Å²) < 4.78 is 0. The molecule has 0 aliphatic carbocycles. The van der Waals surface area contributed by atoms with Crippen LogP contribution in [-0.4, -0.2) is 9.97 Å². The molecule has 0 atom stereocenters. The van der Waals surface area contributed by atoms with Crippen LogP contribution in [0.15, 0.2) is 29.1 Å². The number of nitrogens with two attached hydrogens (primary N) is 2. The zero-order valence-electron chi connectivity index (χ0n) is 8.82. The molecular weight excluding hydrogens is 204 g/mol. The van der Waals surface area contributed by atoms with Gasteiger partial charge in [0, 0.05) is 5.56 Å². The molecule has 1 aromatic carbocycles. The van der Waals surface area contributed by atoms with Gasteiger partial charge in [-0.05, 0) is 13.0 Å². The highest BCUT2D eigenvalue weighted by atomic mass is 16.1. The molecule has 0 spiro atoms. The number of aromatic amines is 1. The fourth-order valence-corrected chi connectivity index (χ4v) is 1.43. The molecule has 2 aromatic rings. The number of rotatable bonds is 1. The van der Waals surface area contributed by atoms with Gasteiger partial charge in [-0.1, -0.05) is 23.8 Å². The first-order valence-electron chi connectivity index (χ1n) is 4.80. The second-order valence-electron chi connectivity index (χ2n) is 3.58. The van der Waals surface area contributed by atoms with E-state index >= 15 is 0 Å². The van der Waals surface area contributed by atoms with Gasteiger partial charge in [-0.2, -0.15) is 0 Å². The maximum atomic E-state index is 11.4. The van der Waals surface area contributed by atoms with Crippen LogP contribution >= 0.6 is 0 Å². The van der Waals surface area contributed by atoms with Gasteiger partial charge in [-0.3, -0.25) is 4.79 Å². The van der Waals surface area contributed by atoms with Gasteiger partial charge in [0.1, 0.15) is 11.5 Å². The van der Waals surface area contributed by atoms with Crippen LogP contribution in [0.5, 0.6) is 0 Å². The van der Waals surface area contributed by atoms with Crippen LogP contribution in [0, 0.1) is 6.92 Å². The summed E-state index contributed by atoms with van der Waals surface area (Å²) in [5.41, 5.74) is 12.4. The number of nitrogen functional groups attached to an aromatic ring is 2. The van der Waals surface area contributed by atoms with E-state index in [1.54, 1.807) is 0 Å². The van der Waals surface area contributed by atoms with Gasteiger partial charge in [0.25, 0.3) is 5.56 Å². The monoisotopic (exact) mass is 216 g/mol. The predicted molar refractivity (Wildman–Crippen MR) is 63.9 cm³/mol. The molecule has 0 unspecified atom stereocenters. The van der Waals surface area contributed by atoms with Crippen molar-refractivity contribution in [3.8, 4) is 11.4 Å². The van der Waals surface area contributed by atoms with E-state index in [1.807, 2.05) is 31.2 Å². The third-order valence-corrected chi connectivity index (χ3v) is 2.28. The minimum absolute atomic E-state index is 0.0450. The smallest absolute Gasteiger partial charge is 0.276 e. The molecule has 0 aliphatic rings. The van der Waals surface area contributed by atoms with E-state index in [0.29, 0.717) is 5.82 Å². The van der Waals surface area contributed by atoms with Crippen molar-refractivity contribution in [2.24, 2.45) is 0 Å². The quantitative estimate of drug-likeness (QED) is 0.659. The lowest BCUT2D eigenvalue weighted by Crippen LogP contribution is -2.17. The van der Waals surface area contributed by atoms with Gasteiger partial charge < -0.3 is 16.5 Å². The predicted octanol–water partition coefficient (Wildman–Crippen LogP) is 0.910. The first-order chi connectivity index (χ1) is 7.58. The van der Waals surface area contributed by atoms with Crippen LogP contribution in [0.4, 0.5) is 11.5 Å². The van der Waals surface area contributed by atoms with Crippen LogP contribution in [0.3, 0.4) is 0 Å². The molecule has 1 aromatic heterocycles. The van der Waals surface area contributed by atoms with Crippen molar-refractivity contribution in [3.63, 3.8) is 0 Å². The Morgan fingerprint density at radius 2 is 2.06 bits per heavy atom. The maximum Gasteiger partial charge on any atom is 0.276 e. The van der Waals surface area contributed by atoms with Crippen molar-refractivity contribution in [3.05, 3.63) is 40.2 Å². The third kappa shape index (κ3) is 1.75. The van der Waals surface area contributed by atoms with Gasteiger partial charge >= 0.3 is 0 Å². The largest absolute Gasteiger partial charge is 0.391 e. The molecule has 0 amide bonds. The molecule has 16 heavy (non-hydrogen) atoms. The minimum atomic E-state index is -0.413. The van der Waals surface area contributed by atoms with E-state index in [9.17, 15) is 4.79 Å². The lowest BCUT2D eigenvalue weighted by Gasteiger charge is -2.04. The second kappa shape index (κ2) is 3.69. The topological polar surface area (TPSA) is 97.8 Å². The molecule has 0 fully saturated rings. The molecule has 0 aliphatic heterocycles. The van der Waals surface area contributed by atoms with Crippen molar-refractivity contribution in [1.82, 2.24) is 9.97 Å². The van der Waals surface area contributed by atoms with Crippen molar-refractivity contribution in [1.29, 1.82) is 0 Å². The van der Waals surface area contributed by atoms with Crippen LogP contribution < -0.4 is 17.0 Å². The second-order valence-corrected chi connectivity index (χ2v) is 3.58. The lowest BCUT2D eigenvalue weighted by molar-refractivity contribution is 1.14. The van der Waals surface area contributed by atoms with E-state index in [1.165, 1.54) is 0 Å². The first-order valence-corrected chi connectivity index (χ1v) is 4.80. The van der Waals surface area contributed by atoms with Crippen molar-refractivity contribution in [2.45, 2.75) is 6.92 Å². The average Bonchev–Trinajstić information content (AvgIpc) is 2.25. The third-order valence-electron chi connectivity index (χ3n) is 2.28. The van der Waals surface area contributed by atoms with Crippen molar-refractivity contribution >= 4 is 11.5 Å². The first kappa shape index (κ1) is 10.2. The van der Waals surface area contributed by atoms with Crippen molar-refractivity contribution in [2.75, 3.05) is 11.5 Å². The highest BCUT2D eigenvalue weighted by Crippen LogP contribution is 2.17. The van der Waals surface area contributed by atoms with Crippen LogP contribution in [-0.2, 0) is 0 Å². The lowest BCUT2D eigenvalue weighted by atomic mass is 10.1. The van der Waals surface area contributed by atoms with E-state index in [2.05, 4.69) is 9.97 Å². The molecule has 1 heterocycles. The van der Waals surface area contributed by atoms with Gasteiger partial charge in [-0.15, -0.1) is 0 Å². The molecule has 5 N–H and O–H groups in total. The molecule has 82 valence electrons. The zero-order chi connectivity index (χ0) is 11.7.